The first-order valence-electron chi connectivity index (χ1n) is 2.80. The highest BCUT2D eigenvalue weighted by Gasteiger charge is 1.97. The normalized spacial score (nSPS) is 9.11. The van der Waals surface area contributed by atoms with Gasteiger partial charge in [-0.1, -0.05) is 0 Å². The van der Waals surface area contributed by atoms with Crippen molar-refractivity contribution in [2.24, 2.45) is 0 Å². The summed E-state index contributed by atoms with van der Waals surface area (Å²) in [5, 5.41) is 0. The summed E-state index contributed by atoms with van der Waals surface area (Å²) >= 11 is 1.99. The van der Waals surface area contributed by atoms with Crippen LogP contribution in [0.15, 0.2) is 0 Å². The Balaban J connectivity index is 3.06. The molecule has 0 saturated carbocycles. The third-order valence-electron chi connectivity index (χ3n) is 0.729. The molecule has 4 heteroatoms. The Morgan fingerprint density at radius 3 is 2.89 bits per heavy atom. The fourth-order valence-corrected chi connectivity index (χ4v) is 0.652. The molecule has 0 heterocycles. The van der Waals surface area contributed by atoms with E-state index in [4.69, 9.17) is 0 Å². The van der Waals surface area contributed by atoms with Gasteiger partial charge in [-0.15, -0.1) is 0 Å². The summed E-state index contributed by atoms with van der Waals surface area (Å²) in [4.78, 5) is 10.5. The molecule has 0 bridgehead atoms. The van der Waals surface area contributed by atoms with E-state index in [2.05, 4.69) is 8.27 Å². The van der Waals surface area contributed by atoms with E-state index in [1.165, 1.54) is 0 Å². The number of esters is 1. The van der Waals surface area contributed by atoms with Crippen LogP contribution in [0.1, 0.15) is 13.3 Å². The van der Waals surface area contributed by atoms with Gasteiger partial charge in [0.1, 0.15) is 0 Å². The van der Waals surface area contributed by atoms with Gasteiger partial charge in [-0.3, -0.25) is 8.32 Å². The van der Waals surface area contributed by atoms with E-state index in [0.717, 1.165) is 0 Å². The Morgan fingerprint density at radius 2 is 2.44 bits per heavy atom. The van der Waals surface area contributed by atoms with E-state index in [-0.39, 0.29) is 5.97 Å². The second kappa shape index (κ2) is 6.28. The summed E-state index contributed by atoms with van der Waals surface area (Å²) in [6, 6.07) is 0. The molecule has 3 nitrogen and oxygen atoms in total. The van der Waals surface area contributed by atoms with Crippen molar-refractivity contribution in [3.8, 4) is 0 Å². The van der Waals surface area contributed by atoms with Gasteiger partial charge in [0.05, 0.1) is 13.0 Å². The predicted molar refractivity (Wildman–Crippen MR) is 43.3 cm³/mol. The topological polar surface area (TPSA) is 38.3 Å². The van der Waals surface area contributed by atoms with Gasteiger partial charge in [0, 0.05) is 29.4 Å². The maximum absolute atomic E-state index is 10.5. The number of hydrogen-bond donors (Lipinski definition) is 1. The summed E-state index contributed by atoms with van der Waals surface area (Å²) in [5.41, 5.74) is 0. The van der Waals surface area contributed by atoms with Gasteiger partial charge in [0.25, 0.3) is 0 Å². The average molecular weight is 243 g/mol. The third kappa shape index (κ3) is 6.04. The van der Waals surface area contributed by atoms with Crippen LogP contribution >= 0.6 is 22.9 Å². The fraction of sp³-hybridized carbons (Fsp3) is 0.800. The standard InChI is InChI=1S/C5H10INO2/c1-2-9-5(8)3-4-7-6/h7H,2-4H2,1H3. The summed E-state index contributed by atoms with van der Waals surface area (Å²) in [6.45, 7) is 2.95. The summed E-state index contributed by atoms with van der Waals surface area (Å²) < 4.78 is 7.49. The number of nitrogens with one attached hydrogen (secondary N) is 1. The number of rotatable bonds is 4. The Labute approximate surface area is 68.6 Å². The molecule has 0 fully saturated rings. The second-order valence-electron chi connectivity index (χ2n) is 1.44. The minimum Gasteiger partial charge on any atom is -0.466 e. The lowest BCUT2D eigenvalue weighted by Crippen LogP contribution is -2.10. The zero-order chi connectivity index (χ0) is 7.11. The highest BCUT2D eigenvalue weighted by Crippen LogP contribution is 1.84. The van der Waals surface area contributed by atoms with Crippen LogP contribution in [0.25, 0.3) is 0 Å². The number of halogens is 1. The van der Waals surface area contributed by atoms with Crippen molar-refractivity contribution in [2.45, 2.75) is 13.3 Å². The summed E-state index contributed by atoms with van der Waals surface area (Å²) in [5.74, 6) is -0.137. The van der Waals surface area contributed by atoms with E-state index >= 15 is 0 Å². The van der Waals surface area contributed by atoms with Gasteiger partial charge in [0.15, 0.2) is 0 Å². The smallest absolute Gasteiger partial charge is 0.307 e. The monoisotopic (exact) mass is 243 g/mol. The fourth-order valence-electron chi connectivity index (χ4n) is 0.382. The molecule has 0 rings (SSSR count). The van der Waals surface area contributed by atoms with E-state index < -0.39 is 0 Å². The largest absolute Gasteiger partial charge is 0.466 e. The van der Waals surface area contributed by atoms with Gasteiger partial charge >= 0.3 is 5.97 Å². The average Bonchev–Trinajstić information content (AvgIpc) is 1.85. The molecule has 0 aromatic heterocycles. The highest BCUT2D eigenvalue weighted by atomic mass is 127. The number of hydrogen-bond acceptors (Lipinski definition) is 3. The molecule has 0 unspecified atom stereocenters. The molecule has 0 atom stereocenters. The lowest BCUT2D eigenvalue weighted by atomic mass is 10.4. The number of carbonyl (C=O) groups excluding carboxylic acids is 1. The minimum absolute atomic E-state index is 0.137. The Kier molecular flexibility index (Phi) is 6.39. The molecule has 0 aliphatic heterocycles. The first kappa shape index (κ1) is 9.16. The zero-order valence-electron chi connectivity index (χ0n) is 5.32. The molecular formula is C5H10INO2. The van der Waals surface area contributed by atoms with Crippen LogP contribution in [0, 0.1) is 0 Å². The highest BCUT2D eigenvalue weighted by molar-refractivity contribution is 14.1. The third-order valence-corrected chi connectivity index (χ3v) is 1.27. The molecule has 0 aromatic carbocycles. The van der Waals surface area contributed by atoms with Crippen molar-refractivity contribution in [1.82, 2.24) is 3.53 Å². The molecule has 9 heavy (non-hydrogen) atoms. The summed E-state index contributed by atoms with van der Waals surface area (Å²) in [6.07, 6.45) is 0.455. The zero-order valence-corrected chi connectivity index (χ0v) is 7.47. The van der Waals surface area contributed by atoms with Crippen molar-refractivity contribution in [3.63, 3.8) is 0 Å². The van der Waals surface area contributed by atoms with Crippen LogP contribution in [0.4, 0.5) is 0 Å². The molecule has 0 aliphatic carbocycles. The molecule has 0 radical (unpaired) electrons. The van der Waals surface area contributed by atoms with Gasteiger partial charge in [-0.25, -0.2) is 0 Å². The van der Waals surface area contributed by atoms with E-state index in [1.54, 1.807) is 6.92 Å². The summed E-state index contributed by atoms with van der Waals surface area (Å²) in [7, 11) is 0. The first-order chi connectivity index (χ1) is 4.31. The van der Waals surface area contributed by atoms with Crippen LogP contribution < -0.4 is 3.53 Å². The van der Waals surface area contributed by atoms with Crippen molar-refractivity contribution >= 4 is 28.8 Å². The SMILES string of the molecule is CCOC(=O)CCNI. The molecule has 0 aromatic rings. The van der Waals surface area contributed by atoms with Crippen LogP contribution in [-0.2, 0) is 9.53 Å². The van der Waals surface area contributed by atoms with Crippen LogP contribution in [-0.4, -0.2) is 19.1 Å². The van der Waals surface area contributed by atoms with E-state index in [9.17, 15) is 4.79 Å². The van der Waals surface area contributed by atoms with Crippen LogP contribution in [0.2, 0.25) is 0 Å². The van der Waals surface area contributed by atoms with Gasteiger partial charge in [0.2, 0.25) is 0 Å². The van der Waals surface area contributed by atoms with Crippen molar-refractivity contribution in [2.75, 3.05) is 13.2 Å². The minimum atomic E-state index is -0.137. The maximum atomic E-state index is 10.5. The maximum Gasteiger partial charge on any atom is 0.307 e. The molecule has 0 aliphatic rings. The number of ether oxygens (including phenoxy) is 1. The Bertz CT molecular complexity index is 87.0. The molecule has 0 saturated heterocycles. The number of carbonyl (C=O) groups is 1. The van der Waals surface area contributed by atoms with Gasteiger partial charge in [-0.2, -0.15) is 0 Å². The van der Waals surface area contributed by atoms with E-state index in [1.807, 2.05) is 22.9 Å². The molecule has 0 spiro atoms. The van der Waals surface area contributed by atoms with Crippen LogP contribution in [0.5, 0.6) is 0 Å². The lowest BCUT2D eigenvalue weighted by molar-refractivity contribution is -0.142. The van der Waals surface area contributed by atoms with Gasteiger partial charge < -0.3 is 4.74 Å². The van der Waals surface area contributed by atoms with Crippen molar-refractivity contribution in [3.05, 3.63) is 0 Å². The quantitative estimate of drug-likeness (QED) is 0.452. The lowest BCUT2D eigenvalue weighted by Gasteiger charge is -1.98. The Hall–Kier alpha value is 0.160. The van der Waals surface area contributed by atoms with Crippen LogP contribution in [0.3, 0.4) is 0 Å². The van der Waals surface area contributed by atoms with E-state index in [0.29, 0.717) is 19.6 Å². The molecule has 1 N–H and O–H groups in total. The van der Waals surface area contributed by atoms with Crippen molar-refractivity contribution in [1.29, 1.82) is 0 Å². The molecule has 54 valence electrons. The van der Waals surface area contributed by atoms with Gasteiger partial charge in [-0.05, 0) is 6.92 Å². The molecule has 0 amide bonds. The Morgan fingerprint density at radius 1 is 1.78 bits per heavy atom. The predicted octanol–water partition coefficient (Wildman–Crippen LogP) is 0.879. The second-order valence-corrected chi connectivity index (χ2v) is 2.20. The van der Waals surface area contributed by atoms with Crippen molar-refractivity contribution < 1.29 is 9.53 Å². The molecular weight excluding hydrogens is 233 g/mol. The first-order valence-corrected chi connectivity index (χ1v) is 3.88.